The van der Waals surface area contributed by atoms with Crippen LogP contribution in [0.3, 0.4) is 0 Å². The first-order valence-electron chi connectivity index (χ1n) is 9.39. The molecule has 3 aromatic rings. The molecule has 4 rings (SSSR count). The minimum absolute atomic E-state index is 0.0192. The highest BCUT2D eigenvalue weighted by atomic mass is 16.5. The Bertz CT molecular complexity index is 894. The van der Waals surface area contributed by atoms with Gasteiger partial charge in [-0.15, -0.1) is 10.2 Å². The van der Waals surface area contributed by atoms with Gasteiger partial charge in [0, 0.05) is 44.1 Å². The zero-order valence-electron chi connectivity index (χ0n) is 15.5. The number of nitrogens with zero attached hydrogens (tertiary/aromatic N) is 5. The molecule has 0 saturated carbocycles. The number of tetrazole rings is 1. The molecule has 28 heavy (non-hydrogen) atoms. The van der Waals surface area contributed by atoms with Crippen LogP contribution in [0.25, 0.3) is 0 Å². The Morgan fingerprint density at radius 2 is 2.18 bits per heavy atom. The van der Waals surface area contributed by atoms with Gasteiger partial charge in [0.15, 0.2) is 5.82 Å². The number of hydrogen-bond donors (Lipinski definition) is 1. The first-order chi connectivity index (χ1) is 13.8. The van der Waals surface area contributed by atoms with E-state index in [1.165, 1.54) is 0 Å². The summed E-state index contributed by atoms with van der Waals surface area (Å²) in [5, 5.41) is 14.0. The van der Waals surface area contributed by atoms with E-state index in [-0.39, 0.29) is 12.0 Å². The predicted molar refractivity (Wildman–Crippen MR) is 101 cm³/mol. The molecule has 1 N–H and O–H groups in total. The maximum atomic E-state index is 13.3. The summed E-state index contributed by atoms with van der Waals surface area (Å²) in [5.74, 6) is 0.575. The molecule has 8 heteroatoms. The lowest BCUT2D eigenvalue weighted by atomic mass is 10.1. The van der Waals surface area contributed by atoms with Gasteiger partial charge in [0.2, 0.25) is 0 Å². The first kappa shape index (κ1) is 18.2. The highest BCUT2D eigenvalue weighted by Crippen LogP contribution is 2.18. The van der Waals surface area contributed by atoms with Gasteiger partial charge in [-0.3, -0.25) is 9.78 Å². The number of carbonyl (C=O) groups is 1. The van der Waals surface area contributed by atoms with Crippen molar-refractivity contribution in [1.29, 1.82) is 0 Å². The van der Waals surface area contributed by atoms with E-state index in [9.17, 15) is 4.79 Å². The molecule has 1 aliphatic rings. The number of carbonyl (C=O) groups excluding carboxylic acids is 1. The summed E-state index contributed by atoms with van der Waals surface area (Å²) in [7, 11) is 0. The first-order valence-corrected chi connectivity index (χ1v) is 9.39. The van der Waals surface area contributed by atoms with Gasteiger partial charge in [-0.05, 0) is 42.2 Å². The Labute approximate surface area is 162 Å². The molecule has 0 bridgehead atoms. The minimum atomic E-state index is -0.0192. The minimum Gasteiger partial charge on any atom is -0.376 e. The van der Waals surface area contributed by atoms with Crippen molar-refractivity contribution >= 4 is 5.91 Å². The molecule has 144 valence electrons. The molecule has 3 heterocycles. The molecule has 1 amide bonds. The van der Waals surface area contributed by atoms with Gasteiger partial charge in [0.1, 0.15) is 0 Å². The molecule has 0 spiro atoms. The van der Waals surface area contributed by atoms with E-state index in [0.717, 1.165) is 30.6 Å². The van der Waals surface area contributed by atoms with Crippen molar-refractivity contribution in [3.8, 4) is 0 Å². The summed E-state index contributed by atoms with van der Waals surface area (Å²) < 4.78 is 5.76. The number of H-pyrrole nitrogens is 1. The van der Waals surface area contributed by atoms with Crippen LogP contribution in [0.15, 0.2) is 48.8 Å². The van der Waals surface area contributed by atoms with Crippen LogP contribution in [-0.2, 0) is 17.7 Å². The van der Waals surface area contributed by atoms with E-state index in [2.05, 4.69) is 25.6 Å². The van der Waals surface area contributed by atoms with E-state index in [4.69, 9.17) is 4.74 Å². The van der Waals surface area contributed by atoms with Crippen LogP contribution < -0.4 is 0 Å². The van der Waals surface area contributed by atoms with Gasteiger partial charge in [-0.1, -0.05) is 23.4 Å². The van der Waals surface area contributed by atoms with Gasteiger partial charge in [-0.25, -0.2) is 0 Å². The molecule has 8 nitrogen and oxygen atoms in total. The fourth-order valence-electron chi connectivity index (χ4n) is 3.40. The Hall–Kier alpha value is -3.13. The summed E-state index contributed by atoms with van der Waals surface area (Å²) in [5.41, 5.74) is 2.60. The number of pyridine rings is 1. The summed E-state index contributed by atoms with van der Waals surface area (Å²) >= 11 is 0. The Kier molecular flexibility index (Phi) is 5.67. The SMILES string of the molecule is O=C(c1cccc(Cc2nn[nH]n2)c1)N(Cc1cccnc1)CC1CCCO1. The number of nitrogens with one attached hydrogen (secondary N) is 1. The van der Waals surface area contributed by atoms with Crippen LogP contribution in [0.4, 0.5) is 0 Å². The van der Waals surface area contributed by atoms with Crippen LogP contribution in [0.1, 0.15) is 40.2 Å². The third-order valence-electron chi connectivity index (χ3n) is 4.76. The summed E-state index contributed by atoms with van der Waals surface area (Å²) in [6.45, 7) is 1.84. The molecule has 1 saturated heterocycles. The number of ether oxygens (including phenoxy) is 1. The average molecular weight is 378 g/mol. The van der Waals surface area contributed by atoms with Crippen molar-refractivity contribution in [2.75, 3.05) is 13.2 Å². The topological polar surface area (TPSA) is 96.9 Å². The molecule has 1 aliphatic heterocycles. The molecule has 2 aromatic heterocycles. The Balaban J connectivity index is 1.53. The lowest BCUT2D eigenvalue weighted by Gasteiger charge is -2.26. The van der Waals surface area contributed by atoms with E-state index in [1.54, 1.807) is 12.4 Å². The second-order valence-electron chi connectivity index (χ2n) is 6.89. The third-order valence-corrected chi connectivity index (χ3v) is 4.76. The van der Waals surface area contributed by atoms with E-state index in [0.29, 0.717) is 30.9 Å². The van der Waals surface area contributed by atoms with E-state index in [1.807, 2.05) is 41.3 Å². The van der Waals surface area contributed by atoms with Crippen LogP contribution in [0.5, 0.6) is 0 Å². The summed E-state index contributed by atoms with van der Waals surface area (Å²) in [4.78, 5) is 19.3. The van der Waals surface area contributed by atoms with Gasteiger partial charge >= 0.3 is 0 Å². The van der Waals surface area contributed by atoms with Crippen LogP contribution in [0, 0.1) is 0 Å². The predicted octanol–water partition coefficient (Wildman–Crippen LogP) is 2.01. The highest BCUT2D eigenvalue weighted by molar-refractivity contribution is 5.94. The van der Waals surface area contributed by atoms with Gasteiger partial charge in [-0.2, -0.15) is 5.21 Å². The zero-order chi connectivity index (χ0) is 19.2. The van der Waals surface area contributed by atoms with Crippen molar-refractivity contribution in [2.45, 2.75) is 31.9 Å². The van der Waals surface area contributed by atoms with Crippen LogP contribution in [-0.4, -0.2) is 55.7 Å². The number of aromatic nitrogens is 5. The Morgan fingerprint density at radius 1 is 1.25 bits per heavy atom. The van der Waals surface area contributed by atoms with Crippen molar-refractivity contribution in [3.63, 3.8) is 0 Å². The third kappa shape index (κ3) is 4.58. The molecule has 0 aliphatic carbocycles. The number of aromatic amines is 1. The quantitative estimate of drug-likeness (QED) is 0.675. The maximum absolute atomic E-state index is 13.3. The van der Waals surface area contributed by atoms with Gasteiger partial charge in [0.05, 0.1) is 6.10 Å². The zero-order valence-corrected chi connectivity index (χ0v) is 15.5. The molecule has 1 atom stereocenters. The Morgan fingerprint density at radius 3 is 2.93 bits per heavy atom. The fraction of sp³-hybridized carbons (Fsp3) is 0.350. The normalized spacial score (nSPS) is 16.2. The number of rotatable bonds is 7. The summed E-state index contributed by atoms with van der Waals surface area (Å²) in [6, 6.07) is 11.4. The maximum Gasteiger partial charge on any atom is 0.254 e. The largest absolute Gasteiger partial charge is 0.376 e. The second kappa shape index (κ2) is 8.71. The van der Waals surface area contributed by atoms with E-state index >= 15 is 0 Å². The number of benzene rings is 1. The monoisotopic (exact) mass is 378 g/mol. The molecule has 1 aromatic carbocycles. The smallest absolute Gasteiger partial charge is 0.254 e. The van der Waals surface area contributed by atoms with Crippen molar-refractivity contribution in [3.05, 3.63) is 71.3 Å². The molecular weight excluding hydrogens is 356 g/mol. The average Bonchev–Trinajstić information content (AvgIpc) is 3.42. The van der Waals surface area contributed by atoms with Crippen LogP contribution in [0.2, 0.25) is 0 Å². The second-order valence-corrected chi connectivity index (χ2v) is 6.89. The van der Waals surface area contributed by atoms with Crippen molar-refractivity contribution in [1.82, 2.24) is 30.5 Å². The molecule has 1 unspecified atom stereocenters. The van der Waals surface area contributed by atoms with Crippen molar-refractivity contribution in [2.24, 2.45) is 0 Å². The van der Waals surface area contributed by atoms with Crippen molar-refractivity contribution < 1.29 is 9.53 Å². The lowest BCUT2D eigenvalue weighted by Crippen LogP contribution is -2.37. The highest BCUT2D eigenvalue weighted by Gasteiger charge is 2.24. The van der Waals surface area contributed by atoms with Gasteiger partial charge in [0.25, 0.3) is 5.91 Å². The standard InChI is InChI=1S/C20H22N6O2/c27-20(17-6-1-4-15(10-17)11-19-22-24-25-23-19)26(14-18-7-3-9-28-18)13-16-5-2-8-21-12-16/h1-2,4-6,8,10,12,18H,3,7,9,11,13-14H2,(H,22,23,24,25). The molecular formula is C20H22N6O2. The number of amides is 1. The number of hydrogen-bond acceptors (Lipinski definition) is 6. The lowest BCUT2D eigenvalue weighted by molar-refractivity contribution is 0.0507. The summed E-state index contributed by atoms with van der Waals surface area (Å²) in [6.07, 6.45) is 6.16. The molecule has 0 radical (unpaired) electrons. The fourth-order valence-corrected chi connectivity index (χ4v) is 3.40. The molecule has 1 fully saturated rings. The van der Waals surface area contributed by atoms with Gasteiger partial charge < -0.3 is 9.64 Å². The van der Waals surface area contributed by atoms with Crippen LogP contribution >= 0.6 is 0 Å². The van der Waals surface area contributed by atoms with E-state index < -0.39 is 0 Å².